The first-order valence-corrected chi connectivity index (χ1v) is 11.0. The normalized spacial score (nSPS) is 8.76. The maximum absolute atomic E-state index is 10.4. The zero-order valence-electron chi connectivity index (χ0n) is 21.9. The fourth-order valence-electron chi connectivity index (χ4n) is 1.39. The molecule has 0 atom stereocenters. The minimum atomic E-state index is -0.216. The van der Waals surface area contributed by atoms with Gasteiger partial charge in [0, 0.05) is 26.4 Å². The summed E-state index contributed by atoms with van der Waals surface area (Å²) in [6.07, 6.45) is 5.38. The maximum atomic E-state index is 10.4. The third-order valence-electron chi connectivity index (χ3n) is 2.95. The predicted molar refractivity (Wildman–Crippen MR) is 127 cm³/mol. The zero-order valence-corrected chi connectivity index (χ0v) is 24.3. The molecule has 0 aromatic carbocycles. The van der Waals surface area contributed by atoms with Gasteiger partial charge in [0.2, 0.25) is 0 Å². The van der Waals surface area contributed by atoms with E-state index in [0.29, 0.717) is 26.4 Å². The zero-order chi connectivity index (χ0) is 28.5. The number of rotatable bonds is 20. The summed E-state index contributed by atoms with van der Waals surface area (Å²) in [6.45, 7) is 9.31. The van der Waals surface area contributed by atoms with Gasteiger partial charge >= 0.3 is 26.2 Å². The van der Waals surface area contributed by atoms with Crippen molar-refractivity contribution in [2.75, 3.05) is 52.9 Å². The van der Waals surface area contributed by atoms with Crippen LogP contribution in [-0.4, -0.2) is 101 Å². The van der Waals surface area contributed by atoms with E-state index in [9.17, 15) is 38.4 Å². The second-order valence-electron chi connectivity index (χ2n) is 5.99. The van der Waals surface area contributed by atoms with E-state index in [1.807, 2.05) is 0 Å². The molecule has 0 unspecified atom stereocenters. The first-order valence-electron chi connectivity index (χ1n) is 11.0. The van der Waals surface area contributed by atoms with Gasteiger partial charge < -0.3 is 38.1 Å². The number of carbonyl (C=O) groups is 4. The summed E-state index contributed by atoms with van der Waals surface area (Å²) >= 11 is 0. The molecular formula is C24H36O12Zr. The Morgan fingerprint density at radius 2 is 0.595 bits per heavy atom. The number of carbonyl (C=O) groups excluding carboxylic acids is 8. The molecule has 0 aromatic rings. The van der Waals surface area contributed by atoms with Gasteiger partial charge in [-0.15, -0.1) is 0 Å². The molecule has 0 rings (SSSR count). The van der Waals surface area contributed by atoms with Crippen molar-refractivity contribution in [2.24, 2.45) is 0 Å². The van der Waals surface area contributed by atoms with Crippen LogP contribution in [0.2, 0.25) is 0 Å². The van der Waals surface area contributed by atoms with Crippen molar-refractivity contribution in [3.05, 3.63) is 0 Å². The first-order chi connectivity index (χ1) is 17.2. The standard InChI is InChI=1S/4C6H9O3.Zr/c4*1-2-9-5-6(8)3-4-7;/h4*2-3,5H2,1H3;/q4*-1;+4. The van der Waals surface area contributed by atoms with E-state index in [4.69, 9.17) is 18.9 Å². The molecule has 0 aromatic heterocycles. The van der Waals surface area contributed by atoms with E-state index in [-0.39, 0.29) is 101 Å². The number of hydrogen-bond acceptors (Lipinski definition) is 12. The Labute approximate surface area is 237 Å². The molecule has 37 heavy (non-hydrogen) atoms. The van der Waals surface area contributed by atoms with Gasteiger partial charge in [-0.25, -0.2) is 0 Å². The molecule has 0 heterocycles. The van der Waals surface area contributed by atoms with E-state index in [2.05, 4.69) is 0 Å². The largest absolute Gasteiger partial charge is 4.00 e. The first kappa shape index (κ1) is 45.0. The number of Topliss-reactive ketones (excluding diaryl/α,β-unsaturated/α-hetero) is 4. The van der Waals surface area contributed by atoms with Crippen molar-refractivity contribution in [2.45, 2.75) is 53.4 Å². The van der Waals surface area contributed by atoms with Crippen LogP contribution in [0.5, 0.6) is 0 Å². The van der Waals surface area contributed by atoms with E-state index in [1.54, 1.807) is 27.7 Å². The minimum absolute atomic E-state index is 0. The van der Waals surface area contributed by atoms with Gasteiger partial charge in [0.25, 0.3) is 0 Å². The molecule has 0 fully saturated rings. The fourth-order valence-corrected chi connectivity index (χ4v) is 1.39. The Bertz CT molecular complexity index is 505. The predicted octanol–water partition coefficient (Wildman–Crippen LogP) is 0.365. The van der Waals surface area contributed by atoms with Crippen LogP contribution in [-0.2, 0) is 83.5 Å². The molecule has 0 amide bonds. The van der Waals surface area contributed by atoms with Crippen LogP contribution < -0.4 is 0 Å². The summed E-state index contributed by atoms with van der Waals surface area (Å²) in [6, 6.07) is 0. The average molecular weight is 608 g/mol. The topological polar surface area (TPSA) is 173 Å². The van der Waals surface area contributed by atoms with Crippen molar-refractivity contribution in [1.29, 1.82) is 0 Å². The Kier molecular flexibility index (Phi) is 50.2. The van der Waals surface area contributed by atoms with E-state index in [0.717, 1.165) is 0 Å². The monoisotopic (exact) mass is 606 g/mol. The SMILES string of the molecule is CCOCC(=O)C[C-]=O.CCOCC(=O)C[C-]=O.CCOCC(=O)C[C-]=O.CCOCC(=O)C[C-]=O.[Zr+4]. The summed E-state index contributed by atoms with van der Waals surface area (Å²) in [4.78, 5) is 80.0. The number of hydrogen-bond donors (Lipinski definition) is 0. The molecule has 13 heteroatoms. The summed E-state index contributed by atoms with van der Waals surface area (Å²) < 4.78 is 18.9. The van der Waals surface area contributed by atoms with Gasteiger partial charge in [-0.2, -0.15) is 0 Å². The van der Waals surface area contributed by atoms with Crippen molar-refractivity contribution >= 4 is 48.3 Å². The molecule has 0 aliphatic heterocycles. The molecule has 208 valence electrons. The summed E-state index contributed by atoms with van der Waals surface area (Å²) in [5, 5.41) is 0. The van der Waals surface area contributed by atoms with Gasteiger partial charge in [0.15, 0.2) is 0 Å². The van der Waals surface area contributed by atoms with E-state index < -0.39 is 0 Å². The smallest absolute Gasteiger partial charge is 0.541 e. The van der Waals surface area contributed by atoms with Crippen LogP contribution >= 0.6 is 0 Å². The molecule has 0 spiro atoms. The second kappa shape index (κ2) is 41.2. The van der Waals surface area contributed by atoms with Gasteiger partial charge in [0.05, 0.1) is 0 Å². The van der Waals surface area contributed by atoms with Gasteiger partial charge in [-0.3, -0.25) is 44.3 Å². The summed E-state index contributed by atoms with van der Waals surface area (Å²) in [7, 11) is 0. The summed E-state index contributed by atoms with van der Waals surface area (Å²) in [5.41, 5.74) is 0. The maximum Gasteiger partial charge on any atom is 4.00 e. The van der Waals surface area contributed by atoms with Crippen molar-refractivity contribution < 1.29 is 83.5 Å². The molecule has 0 saturated carbocycles. The molecule has 0 bridgehead atoms. The molecule has 12 nitrogen and oxygen atoms in total. The van der Waals surface area contributed by atoms with Crippen molar-refractivity contribution in [3.8, 4) is 0 Å². The minimum Gasteiger partial charge on any atom is -0.541 e. The number of ketones is 4. The molecule has 0 N–H and O–H groups in total. The van der Waals surface area contributed by atoms with Crippen molar-refractivity contribution in [1.82, 2.24) is 0 Å². The van der Waals surface area contributed by atoms with Crippen LogP contribution in [0.15, 0.2) is 0 Å². The van der Waals surface area contributed by atoms with Gasteiger partial charge in [-0.1, -0.05) is 25.7 Å². The Morgan fingerprint density at radius 1 is 0.432 bits per heavy atom. The van der Waals surface area contributed by atoms with Crippen LogP contribution in [0.4, 0.5) is 0 Å². The Hall–Kier alpha value is -1.92. The van der Waals surface area contributed by atoms with Crippen LogP contribution in [0.25, 0.3) is 0 Å². The van der Waals surface area contributed by atoms with Crippen LogP contribution in [0, 0.1) is 0 Å². The Morgan fingerprint density at radius 3 is 0.703 bits per heavy atom. The van der Waals surface area contributed by atoms with E-state index >= 15 is 0 Å². The van der Waals surface area contributed by atoms with Gasteiger partial charge in [-0.05, 0) is 27.7 Å². The van der Waals surface area contributed by atoms with Crippen LogP contribution in [0.1, 0.15) is 53.4 Å². The van der Waals surface area contributed by atoms with E-state index in [1.165, 1.54) is 25.1 Å². The molecule has 0 aliphatic rings. The number of ether oxygens (including phenoxy) is 4. The third kappa shape index (κ3) is 51.6. The average Bonchev–Trinajstić information content (AvgIpc) is 2.85. The summed E-state index contributed by atoms with van der Waals surface area (Å²) in [5.74, 6) is -0.864. The second-order valence-corrected chi connectivity index (χ2v) is 5.99. The molecule has 0 radical (unpaired) electrons. The Balaban J connectivity index is -0.000000122. The molecular weight excluding hydrogens is 571 g/mol. The third-order valence-corrected chi connectivity index (χ3v) is 2.95. The molecule has 0 saturated heterocycles. The van der Waals surface area contributed by atoms with Crippen LogP contribution in [0.3, 0.4) is 0 Å². The van der Waals surface area contributed by atoms with Crippen molar-refractivity contribution in [3.63, 3.8) is 0 Å². The quantitative estimate of drug-likeness (QED) is 0.138. The van der Waals surface area contributed by atoms with Gasteiger partial charge in [0.1, 0.15) is 49.6 Å². The molecule has 0 aliphatic carbocycles. The fraction of sp³-hybridized carbons (Fsp3) is 0.667.